The molecule has 1 aromatic heterocycles. The first-order chi connectivity index (χ1) is 9.70. The molecule has 0 spiro atoms. The lowest BCUT2D eigenvalue weighted by Gasteiger charge is -2.08. The van der Waals surface area contributed by atoms with E-state index < -0.39 is 16.0 Å². The van der Waals surface area contributed by atoms with Crippen molar-refractivity contribution in [3.8, 4) is 0 Å². The zero-order valence-electron chi connectivity index (χ0n) is 10.6. The van der Waals surface area contributed by atoms with E-state index in [1.165, 1.54) is 18.2 Å². The summed E-state index contributed by atoms with van der Waals surface area (Å²) in [5, 5.41) is 8.88. The number of carboxylic acids is 1. The number of benzene rings is 1. The second-order valence-electron chi connectivity index (χ2n) is 4.13. The van der Waals surface area contributed by atoms with Crippen molar-refractivity contribution < 1.29 is 18.3 Å². The molecule has 1 aromatic carbocycles. The fourth-order valence-electron chi connectivity index (χ4n) is 1.49. The van der Waals surface area contributed by atoms with Gasteiger partial charge in [0.2, 0.25) is 0 Å². The van der Waals surface area contributed by atoms with Gasteiger partial charge in [-0.15, -0.1) is 11.3 Å². The number of carbonyl (C=O) groups is 1. The molecular formula is C12H9Br2NO4S2. The van der Waals surface area contributed by atoms with Gasteiger partial charge in [-0.25, -0.2) is 13.2 Å². The van der Waals surface area contributed by atoms with Gasteiger partial charge in [0, 0.05) is 4.47 Å². The smallest absolute Gasteiger partial charge is 0.335 e. The number of sulfonamides is 1. The summed E-state index contributed by atoms with van der Waals surface area (Å²) in [6.07, 6.45) is 0. The van der Waals surface area contributed by atoms with Crippen LogP contribution in [0.3, 0.4) is 0 Å². The van der Waals surface area contributed by atoms with Crippen LogP contribution in [0, 0.1) is 6.92 Å². The van der Waals surface area contributed by atoms with Crippen molar-refractivity contribution >= 4 is 64.9 Å². The molecule has 0 bridgehead atoms. The second-order valence-corrected chi connectivity index (χ2v) is 9.26. The largest absolute Gasteiger partial charge is 0.478 e. The van der Waals surface area contributed by atoms with Gasteiger partial charge in [0.15, 0.2) is 0 Å². The predicted molar refractivity (Wildman–Crippen MR) is 88.7 cm³/mol. The number of nitrogens with one attached hydrogen (secondary N) is 1. The Hall–Kier alpha value is -0.900. The number of anilines is 1. The highest BCUT2D eigenvalue weighted by atomic mass is 79.9. The van der Waals surface area contributed by atoms with E-state index in [1.807, 2.05) is 0 Å². The molecule has 0 saturated heterocycles. The average molecular weight is 455 g/mol. The summed E-state index contributed by atoms with van der Waals surface area (Å²) in [6.45, 7) is 1.80. The van der Waals surface area contributed by atoms with Crippen LogP contribution < -0.4 is 4.72 Å². The summed E-state index contributed by atoms with van der Waals surface area (Å²) in [5.41, 5.74) is 1.18. The van der Waals surface area contributed by atoms with Crippen molar-refractivity contribution in [2.75, 3.05) is 4.72 Å². The Morgan fingerprint density at radius 3 is 2.43 bits per heavy atom. The molecule has 5 nitrogen and oxygen atoms in total. The zero-order chi connectivity index (χ0) is 15.8. The first kappa shape index (κ1) is 16.5. The SMILES string of the molecule is Cc1cc(S(=O)(=O)Nc2ccc(C(=O)O)cc2Br)sc1Br. The Balaban J connectivity index is 2.35. The summed E-state index contributed by atoms with van der Waals surface area (Å²) >= 11 is 7.56. The Morgan fingerprint density at radius 1 is 1.29 bits per heavy atom. The van der Waals surface area contributed by atoms with Crippen LogP contribution in [0.1, 0.15) is 15.9 Å². The normalized spacial score (nSPS) is 11.4. The fourth-order valence-corrected chi connectivity index (χ4v) is 5.40. The number of hydrogen-bond acceptors (Lipinski definition) is 4. The quantitative estimate of drug-likeness (QED) is 0.728. The van der Waals surface area contributed by atoms with Crippen molar-refractivity contribution in [3.05, 3.63) is 43.7 Å². The highest BCUT2D eigenvalue weighted by Gasteiger charge is 2.20. The van der Waals surface area contributed by atoms with Crippen LogP contribution in [0.25, 0.3) is 0 Å². The van der Waals surface area contributed by atoms with Gasteiger partial charge >= 0.3 is 5.97 Å². The molecule has 21 heavy (non-hydrogen) atoms. The van der Waals surface area contributed by atoms with Crippen molar-refractivity contribution in [3.63, 3.8) is 0 Å². The van der Waals surface area contributed by atoms with Crippen LogP contribution >= 0.6 is 43.2 Å². The predicted octanol–water partition coefficient (Wildman–Crippen LogP) is 4.08. The second kappa shape index (κ2) is 6.07. The molecular weight excluding hydrogens is 446 g/mol. The molecule has 0 aliphatic carbocycles. The van der Waals surface area contributed by atoms with Crippen molar-refractivity contribution in [2.24, 2.45) is 0 Å². The van der Waals surface area contributed by atoms with E-state index >= 15 is 0 Å². The number of thiophene rings is 1. The Bertz CT molecular complexity index is 795. The minimum absolute atomic E-state index is 0.0690. The summed E-state index contributed by atoms with van der Waals surface area (Å²) in [6, 6.07) is 5.65. The molecule has 2 rings (SSSR count). The van der Waals surface area contributed by atoms with Gasteiger partial charge in [0.05, 0.1) is 15.0 Å². The molecule has 1 heterocycles. The van der Waals surface area contributed by atoms with Crippen LogP contribution in [0.4, 0.5) is 5.69 Å². The van der Waals surface area contributed by atoms with Gasteiger partial charge in [-0.3, -0.25) is 4.72 Å². The minimum Gasteiger partial charge on any atom is -0.478 e. The van der Waals surface area contributed by atoms with Gasteiger partial charge < -0.3 is 5.11 Å². The van der Waals surface area contributed by atoms with Crippen LogP contribution in [0.5, 0.6) is 0 Å². The molecule has 0 unspecified atom stereocenters. The number of halogens is 2. The lowest BCUT2D eigenvalue weighted by Crippen LogP contribution is -2.12. The Morgan fingerprint density at radius 2 is 1.95 bits per heavy atom. The molecule has 0 saturated carbocycles. The third-order valence-corrected chi connectivity index (χ3v) is 7.19. The number of aromatic carboxylic acids is 1. The molecule has 2 N–H and O–H groups in total. The fraction of sp³-hybridized carbons (Fsp3) is 0.0833. The van der Waals surface area contributed by atoms with Crippen LogP contribution in [0.2, 0.25) is 0 Å². The maximum Gasteiger partial charge on any atom is 0.335 e. The highest BCUT2D eigenvalue weighted by molar-refractivity contribution is 9.11. The van der Waals surface area contributed by atoms with E-state index in [4.69, 9.17) is 5.11 Å². The van der Waals surface area contributed by atoms with E-state index in [1.54, 1.807) is 13.0 Å². The van der Waals surface area contributed by atoms with Gasteiger partial charge in [-0.2, -0.15) is 0 Å². The standard InChI is InChI=1S/C12H9Br2NO4S2/c1-6-4-10(20-11(6)14)21(18,19)15-9-3-2-7(12(16)17)5-8(9)13/h2-5,15H,1H3,(H,16,17). The first-order valence-corrected chi connectivity index (χ1v) is 9.41. The minimum atomic E-state index is -3.71. The van der Waals surface area contributed by atoms with E-state index in [2.05, 4.69) is 36.6 Å². The zero-order valence-corrected chi connectivity index (χ0v) is 15.4. The van der Waals surface area contributed by atoms with Crippen LogP contribution in [-0.4, -0.2) is 19.5 Å². The van der Waals surface area contributed by atoms with E-state index in [9.17, 15) is 13.2 Å². The highest BCUT2D eigenvalue weighted by Crippen LogP contribution is 2.33. The molecule has 0 aliphatic heterocycles. The molecule has 112 valence electrons. The number of rotatable bonds is 4. The maximum absolute atomic E-state index is 12.3. The lowest BCUT2D eigenvalue weighted by molar-refractivity contribution is 0.0697. The van der Waals surface area contributed by atoms with Crippen molar-refractivity contribution in [1.82, 2.24) is 0 Å². The number of carboxylic acid groups (broad SMARTS) is 1. The summed E-state index contributed by atoms with van der Waals surface area (Å²) < 4.78 is 28.3. The average Bonchev–Trinajstić information content (AvgIpc) is 2.72. The Kier molecular flexibility index (Phi) is 4.76. The topological polar surface area (TPSA) is 83.5 Å². The van der Waals surface area contributed by atoms with Gasteiger partial charge in [0.1, 0.15) is 4.21 Å². The summed E-state index contributed by atoms with van der Waals surface area (Å²) in [4.78, 5) is 10.8. The van der Waals surface area contributed by atoms with Gasteiger partial charge in [-0.05, 0) is 68.6 Å². The van der Waals surface area contributed by atoms with Crippen molar-refractivity contribution in [2.45, 2.75) is 11.1 Å². The van der Waals surface area contributed by atoms with Gasteiger partial charge in [0.25, 0.3) is 10.0 Å². The van der Waals surface area contributed by atoms with Crippen LogP contribution in [0.15, 0.2) is 36.7 Å². The summed E-state index contributed by atoms with van der Waals surface area (Å²) in [5.74, 6) is -1.08. The Labute approximate surface area is 142 Å². The molecule has 9 heteroatoms. The van der Waals surface area contributed by atoms with E-state index in [-0.39, 0.29) is 15.5 Å². The molecule has 0 amide bonds. The molecule has 0 atom stereocenters. The van der Waals surface area contributed by atoms with Crippen molar-refractivity contribution in [1.29, 1.82) is 0 Å². The number of aryl methyl sites for hydroxylation is 1. The van der Waals surface area contributed by atoms with E-state index in [0.29, 0.717) is 4.47 Å². The lowest BCUT2D eigenvalue weighted by atomic mass is 10.2. The summed E-state index contributed by atoms with van der Waals surface area (Å²) in [7, 11) is -3.71. The third kappa shape index (κ3) is 3.65. The molecule has 0 radical (unpaired) electrons. The maximum atomic E-state index is 12.3. The molecule has 0 fully saturated rings. The molecule has 0 aliphatic rings. The molecule has 2 aromatic rings. The third-order valence-electron chi connectivity index (χ3n) is 2.56. The monoisotopic (exact) mass is 453 g/mol. The van der Waals surface area contributed by atoms with E-state index in [0.717, 1.165) is 20.7 Å². The number of hydrogen-bond donors (Lipinski definition) is 2. The first-order valence-electron chi connectivity index (χ1n) is 5.52. The van der Waals surface area contributed by atoms with Crippen LogP contribution in [-0.2, 0) is 10.0 Å². The van der Waals surface area contributed by atoms with Gasteiger partial charge in [-0.1, -0.05) is 0 Å².